The van der Waals surface area contributed by atoms with E-state index in [0.717, 1.165) is 17.7 Å². The third-order valence-electron chi connectivity index (χ3n) is 14.5. The van der Waals surface area contributed by atoms with Crippen molar-refractivity contribution in [1.29, 1.82) is 0 Å². The summed E-state index contributed by atoms with van der Waals surface area (Å²) in [4.78, 5) is 6.11. The van der Waals surface area contributed by atoms with Crippen molar-refractivity contribution in [2.24, 2.45) is 10.9 Å². The van der Waals surface area contributed by atoms with Crippen molar-refractivity contribution in [1.82, 2.24) is 4.57 Å². The molecule has 3 aromatic heterocycles. The van der Waals surface area contributed by atoms with Crippen LogP contribution in [0.5, 0.6) is 0 Å². The van der Waals surface area contributed by atoms with Crippen LogP contribution in [0.25, 0.3) is 106 Å². The van der Waals surface area contributed by atoms with E-state index in [0.29, 0.717) is 0 Å². The van der Waals surface area contributed by atoms with Crippen LogP contribution in [0.1, 0.15) is 49.9 Å². The maximum Gasteiger partial charge on any atom is 0.0802 e. The number of allylic oxidation sites excluding steroid dienone is 2. The molecule has 0 aliphatic rings. The molecule has 2 unspecified atom stereocenters. The van der Waals surface area contributed by atoms with Gasteiger partial charge in [0.1, 0.15) is 0 Å². The zero-order valence-electron chi connectivity index (χ0n) is 38.8. The maximum absolute atomic E-state index is 6.11. The van der Waals surface area contributed by atoms with Crippen LogP contribution in [-0.2, 0) is 0 Å². The molecule has 13 rings (SSSR count). The molecule has 3 heterocycles. The molecule has 0 fully saturated rings. The van der Waals surface area contributed by atoms with E-state index in [4.69, 9.17) is 4.99 Å². The molecule has 0 bridgehead atoms. The van der Waals surface area contributed by atoms with Gasteiger partial charge in [-0.05, 0) is 105 Å². The SMILES string of the molecule is CCC(C)C(/N=C(\C=C(/C)c1cccc2sc3ccccc3c12)c1ccc(-c2ccccc2)cc1)c1ccc2c(sc3ccc4ccccc4c32)c1-n1c2ccccc2c2cc3ccccc3cc21. The Bertz CT molecular complexity index is 4200. The summed E-state index contributed by atoms with van der Waals surface area (Å²) in [6.45, 7) is 6.99. The third-order valence-corrected chi connectivity index (χ3v) is 16.9. The van der Waals surface area contributed by atoms with E-state index < -0.39 is 0 Å². The largest absolute Gasteiger partial charge is 0.307 e. The van der Waals surface area contributed by atoms with Crippen molar-refractivity contribution >= 4 is 118 Å². The van der Waals surface area contributed by atoms with Gasteiger partial charge in [-0.15, -0.1) is 22.7 Å². The van der Waals surface area contributed by atoms with E-state index in [1.54, 1.807) is 0 Å². The number of hydrogen-bond acceptors (Lipinski definition) is 3. The zero-order chi connectivity index (χ0) is 46.2. The second kappa shape index (κ2) is 16.9. The van der Waals surface area contributed by atoms with E-state index in [1.165, 1.54) is 117 Å². The van der Waals surface area contributed by atoms with Crippen LogP contribution in [0.2, 0.25) is 0 Å². The van der Waals surface area contributed by atoms with Crippen molar-refractivity contribution in [2.45, 2.75) is 33.2 Å². The van der Waals surface area contributed by atoms with Crippen LogP contribution >= 0.6 is 22.7 Å². The molecule has 0 saturated heterocycles. The van der Waals surface area contributed by atoms with Crippen molar-refractivity contribution in [3.63, 3.8) is 0 Å². The maximum atomic E-state index is 6.11. The third kappa shape index (κ3) is 6.92. The number of fused-ring (bicyclic) bond motifs is 12. The minimum absolute atomic E-state index is 0.182. The Morgan fingerprint density at radius 1 is 0.522 bits per heavy atom. The number of thiophene rings is 2. The summed E-state index contributed by atoms with van der Waals surface area (Å²) in [6.07, 6.45) is 3.33. The van der Waals surface area contributed by atoms with Gasteiger partial charge < -0.3 is 4.57 Å². The normalized spacial score (nSPS) is 13.6. The van der Waals surface area contributed by atoms with Gasteiger partial charge in [-0.2, -0.15) is 0 Å². The van der Waals surface area contributed by atoms with E-state index in [9.17, 15) is 0 Å². The van der Waals surface area contributed by atoms with Gasteiger partial charge in [-0.1, -0.05) is 190 Å². The first-order valence-corrected chi connectivity index (χ1v) is 25.8. The Hall–Kier alpha value is -7.63. The standard InChI is InChI=1S/C65H48N2S2/c1-4-40(2)63(66-55(45-31-29-43(30-32-45)42-17-6-5-7-18-42)37-41(3)48-25-16-28-59-61(48)51-24-13-15-27-58(51)68-59)53-35-34-52-62-49-22-11-10-19-44(49)33-36-60(62)69-65(52)64(53)67-56-26-14-12-23-50(56)54-38-46-20-8-9-21-47(46)39-57(54)67/h5-40,63H,4H2,1-3H3/b41-37+,66-55+. The summed E-state index contributed by atoms with van der Waals surface area (Å²) in [5.41, 5.74) is 11.8. The van der Waals surface area contributed by atoms with Crippen molar-refractivity contribution in [2.75, 3.05) is 0 Å². The average molecular weight is 921 g/mol. The molecule has 0 N–H and O–H groups in total. The molecule has 2 nitrogen and oxygen atoms in total. The molecule has 0 aliphatic heterocycles. The zero-order valence-corrected chi connectivity index (χ0v) is 40.4. The molecule has 2 atom stereocenters. The summed E-state index contributed by atoms with van der Waals surface area (Å²) in [7, 11) is 0. The quantitative estimate of drug-likeness (QED) is 0.128. The monoisotopic (exact) mass is 920 g/mol. The Morgan fingerprint density at radius 2 is 1.19 bits per heavy atom. The van der Waals surface area contributed by atoms with Gasteiger partial charge in [-0.3, -0.25) is 4.99 Å². The summed E-state index contributed by atoms with van der Waals surface area (Å²) in [5.74, 6) is 0.210. The predicted octanol–water partition coefficient (Wildman–Crippen LogP) is 19.2. The van der Waals surface area contributed by atoms with Gasteiger partial charge in [-0.25, -0.2) is 0 Å². The topological polar surface area (TPSA) is 17.3 Å². The Balaban J connectivity index is 1.11. The lowest BCUT2D eigenvalue weighted by molar-refractivity contribution is 0.459. The lowest BCUT2D eigenvalue weighted by Crippen LogP contribution is -2.14. The molecular formula is C65H48N2S2. The van der Waals surface area contributed by atoms with Crippen LogP contribution in [0, 0.1) is 5.92 Å². The lowest BCUT2D eigenvalue weighted by Gasteiger charge is -2.25. The highest BCUT2D eigenvalue weighted by Gasteiger charge is 2.28. The molecule has 0 spiro atoms. The number of hydrogen-bond donors (Lipinski definition) is 0. The number of nitrogens with zero attached hydrogens (tertiary/aromatic N) is 2. The van der Waals surface area contributed by atoms with Crippen LogP contribution in [0.15, 0.2) is 217 Å². The Morgan fingerprint density at radius 3 is 2.00 bits per heavy atom. The average Bonchev–Trinajstić information content (AvgIpc) is 4.09. The fourth-order valence-electron chi connectivity index (χ4n) is 10.9. The molecule has 0 saturated carbocycles. The van der Waals surface area contributed by atoms with Crippen LogP contribution in [0.4, 0.5) is 0 Å². The van der Waals surface area contributed by atoms with E-state index >= 15 is 0 Å². The molecule has 10 aromatic carbocycles. The van der Waals surface area contributed by atoms with Crippen LogP contribution < -0.4 is 0 Å². The smallest absolute Gasteiger partial charge is 0.0802 e. The Kier molecular flexibility index (Phi) is 10.1. The number of benzene rings is 10. The molecule has 69 heavy (non-hydrogen) atoms. The van der Waals surface area contributed by atoms with Gasteiger partial charge in [0.25, 0.3) is 0 Å². The fraction of sp³-hybridized carbons (Fsp3) is 0.0923. The number of para-hydroxylation sites is 1. The summed E-state index contributed by atoms with van der Waals surface area (Å²) in [6, 6.07) is 76.1. The molecule has 0 radical (unpaired) electrons. The second-order valence-corrected chi connectivity index (χ2v) is 20.7. The van der Waals surface area contributed by atoms with Gasteiger partial charge in [0.2, 0.25) is 0 Å². The number of aromatic nitrogens is 1. The van der Waals surface area contributed by atoms with Gasteiger partial charge in [0.15, 0.2) is 0 Å². The molecule has 330 valence electrons. The predicted molar refractivity (Wildman–Crippen MR) is 302 cm³/mol. The molecule has 0 aliphatic carbocycles. The van der Waals surface area contributed by atoms with E-state index in [-0.39, 0.29) is 12.0 Å². The summed E-state index contributed by atoms with van der Waals surface area (Å²) >= 11 is 3.79. The molecule has 0 amide bonds. The first-order valence-electron chi connectivity index (χ1n) is 24.1. The molecular weight excluding hydrogens is 873 g/mol. The van der Waals surface area contributed by atoms with Gasteiger partial charge >= 0.3 is 0 Å². The highest BCUT2D eigenvalue weighted by molar-refractivity contribution is 7.26. The minimum atomic E-state index is -0.182. The highest BCUT2D eigenvalue weighted by Crippen LogP contribution is 2.48. The van der Waals surface area contributed by atoms with Crippen LogP contribution in [0.3, 0.4) is 0 Å². The Labute approximate surface area is 409 Å². The van der Waals surface area contributed by atoms with Crippen molar-refractivity contribution in [3.8, 4) is 16.8 Å². The van der Waals surface area contributed by atoms with Crippen LogP contribution in [-0.4, -0.2) is 10.3 Å². The van der Waals surface area contributed by atoms with Gasteiger partial charge in [0, 0.05) is 52.0 Å². The summed E-state index contributed by atoms with van der Waals surface area (Å²) in [5, 5.41) is 12.8. The van der Waals surface area contributed by atoms with Crippen molar-refractivity contribution < 1.29 is 0 Å². The number of aliphatic imine (C=N–C) groups is 1. The van der Waals surface area contributed by atoms with E-state index in [1.807, 2.05) is 22.7 Å². The lowest BCUT2D eigenvalue weighted by atomic mass is 9.89. The van der Waals surface area contributed by atoms with Crippen molar-refractivity contribution in [3.05, 3.63) is 229 Å². The first-order chi connectivity index (χ1) is 34.0. The number of rotatable bonds is 9. The first kappa shape index (κ1) is 41.5. The van der Waals surface area contributed by atoms with Gasteiger partial charge in [0.05, 0.1) is 33.2 Å². The fourth-order valence-corrected chi connectivity index (χ4v) is 13.3. The molecule has 4 heteroatoms. The highest BCUT2D eigenvalue weighted by atomic mass is 32.1. The second-order valence-electron chi connectivity index (χ2n) is 18.6. The summed E-state index contributed by atoms with van der Waals surface area (Å²) < 4.78 is 7.79. The minimum Gasteiger partial charge on any atom is -0.307 e. The van der Waals surface area contributed by atoms with E-state index in [2.05, 4.69) is 238 Å². The molecule has 13 aromatic rings.